The maximum atomic E-state index is 12.7. The number of carbonyl (C=O) groups excluding carboxylic acids is 1. The van der Waals surface area contributed by atoms with Gasteiger partial charge >= 0.3 is 0 Å². The van der Waals surface area contributed by atoms with Crippen molar-refractivity contribution < 1.29 is 14.3 Å². The summed E-state index contributed by atoms with van der Waals surface area (Å²) < 4.78 is 10.7. The summed E-state index contributed by atoms with van der Waals surface area (Å²) in [4.78, 5) is 26.3. The normalized spacial score (nSPS) is 16.2. The molecular weight excluding hydrogens is 400 g/mol. The van der Waals surface area contributed by atoms with Crippen molar-refractivity contribution in [3.05, 3.63) is 41.0 Å². The van der Waals surface area contributed by atoms with Crippen molar-refractivity contribution in [2.24, 2.45) is 5.92 Å². The first-order valence-electron chi connectivity index (χ1n) is 10.4. The smallest absolute Gasteiger partial charge is 0.231 e. The molecule has 8 heteroatoms. The summed E-state index contributed by atoms with van der Waals surface area (Å²) in [5.74, 6) is 2.64. The molecule has 1 saturated heterocycles. The van der Waals surface area contributed by atoms with E-state index in [0.717, 1.165) is 65.4 Å². The van der Waals surface area contributed by atoms with Crippen LogP contribution in [0.3, 0.4) is 0 Å². The van der Waals surface area contributed by atoms with E-state index in [0.29, 0.717) is 6.54 Å². The van der Waals surface area contributed by atoms with E-state index in [9.17, 15) is 4.79 Å². The average Bonchev–Trinajstić information content (AvgIpc) is 3.43. The van der Waals surface area contributed by atoms with Gasteiger partial charge in [-0.3, -0.25) is 4.79 Å². The Morgan fingerprint density at radius 1 is 1.20 bits per heavy atom. The number of rotatable bonds is 5. The number of aromatic nitrogens is 2. The number of ether oxygens (including phenoxy) is 2. The van der Waals surface area contributed by atoms with Crippen molar-refractivity contribution in [1.82, 2.24) is 15.3 Å². The number of hydrogen-bond acceptors (Lipinski definition) is 7. The Kier molecular flexibility index (Phi) is 5.16. The molecule has 2 aromatic heterocycles. The second-order valence-electron chi connectivity index (χ2n) is 7.65. The SMILES string of the molecule is CCc1cc2c(N3CCC(C(=O)NCc4ccc5c(c4)OCO5)CC3)ncnc2s1. The average molecular weight is 425 g/mol. The largest absolute Gasteiger partial charge is 0.454 e. The van der Waals surface area contributed by atoms with Gasteiger partial charge in [0.15, 0.2) is 11.5 Å². The molecule has 0 saturated carbocycles. The third-order valence-corrected chi connectivity index (χ3v) is 6.96. The molecule has 2 aliphatic heterocycles. The third-order valence-electron chi connectivity index (χ3n) is 5.78. The molecule has 0 radical (unpaired) electrons. The fourth-order valence-electron chi connectivity index (χ4n) is 4.06. The number of fused-ring (bicyclic) bond motifs is 2. The number of nitrogens with one attached hydrogen (secondary N) is 1. The molecule has 156 valence electrons. The Morgan fingerprint density at radius 2 is 2.03 bits per heavy atom. The molecule has 1 aromatic carbocycles. The van der Waals surface area contributed by atoms with Gasteiger partial charge in [0.05, 0.1) is 5.39 Å². The van der Waals surface area contributed by atoms with Crippen molar-refractivity contribution in [3.8, 4) is 11.5 Å². The lowest BCUT2D eigenvalue weighted by Gasteiger charge is -2.32. The molecule has 0 unspecified atom stereocenters. The maximum absolute atomic E-state index is 12.7. The van der Waals surface area contributed by atoms with E-state index < -0.39 is 0 Å². The predicted octanol–water partition coefficient (Wildman–Crippen LogP) is 3.52. The van der Waals surface area contributed by atoms with Crippen molar-refractivity contribution in [3.63, 3.8) is 0 Å². The van der Waals surface area contributed by atoms with E-state index in [1.807, 2.05) is 18.2 Å². The molecule has 0 bridgehead atoms. The Morgan fingerprint density at radius 3 is 2.87 bits per heavy atom. The fourth-order valence-corrected chi connectivity index (χ4v) is 4.99. The van der Waals surface area contributed by atoms with E-state index in [4.69, 9.17) is 9.47 Å². The summed E-state index contributed by atoms with van der Waals surface area (Å²) in [6.45, 7) is 4.56. The number of amides is 1. The van der Waals surface area contributed by atoms with Crippen molar-refractivity contribution in [1.29, 1.82) is 0 Å². The van der Waals surface area contributed by atoms with Crippen LogP contribution < -0.4 is 19.7 Å². The highest BCUT2D eigenvalue weighted by Gasteiger charge is 2.27. The van der Waals surface area contributed by atoms with Gasteiger partial charge in [0.25, 0.3) is 0 Å². The zero-order valence-electron chi connectivity index (χ0n) is 16.9. The Bertz CT molecular complexity index is 1080. The molecular formula is C22H24N4O3S. The monoisotopic (exact) mass is 424 g/mol. The lowest BCUT2D eigenvalue weighted by molar-refractivity contribution is -0.125. The van der Waals surface area contributed by atoms with Crippen LogP contribution >= 0.6 is 11.3 Å². The van der Waals surface area contributed by atoms with Gasteiger partial charge in [-0.15, -0.1) is 11.3 Å². The highest BCUT2D eigenvalue weighted by atomic mass is 32.1. The number of hydrogen-bond donors (Lipinski definition) is 1. The lowest BCUT2D eigenvalue weighted by atomic mass is 9.95. The van der Waals surface area contributed by atoms with Crippen LogP contribution in [-0.2, 0) is 17.8 Å². The van der Waals surface area contributed by atoms with Crippen molar-refractivity contribution in [2.75, 3.05) is 24.8 Å². The molecule has 30 heavy (non-hydrogen) atoms. The predicted molar refractivity (Wildman–Crippen MR) is 116 cm³/mol. The summed E-state index contributed by atoms with van der Waals surface area (Å²) in [7, 11) is 0. The number of piperidine rings is 1. The molecule has 0 atom stereocenters. The third kappa shape index (κ3) is 3.67. The number of aryl methyl sites for hydroxylation is 1. The van der Waals surface area contributed by atoms with Crippen molar-refractivity contribution in [2.45, 2.75) is 32.7 Å². The van der Waals surface area contributed by atoms with Crippen LogP contribution in [0.25, 0.3) is 10.2 Å². The van der Waals surface area contributed by atoms with Crippen molar-refractivity contribution >= 4 is 33.3 Å². The van der Waals surface area contributed by atoms with Crippen LogP contribution in [0.1, 0.15) is 30.2 Å². The topological polar surface area (TPSA) is 76.6 Å². The number of carbonyl (C=O) groups is 1. The zero-order valence-corrected chi connectivity index (χ0v) is 17.7. The van der Waals surface area contributed by atoms with Gasteiger partial charge in [-0.05, 0) is 43.0 Å². The van der Waals surface area contributed by atoms with Crippen LogP contribution in [0.15, 0.2) is 30.6 Å². The zero-order chi connectivity index (χ0) is 20.5. The van der Waals surface area contributed by atoms with E-state index in [1.54, 1.807) is 17.7 Å². The number of anilines is 1. The van der Waals surface area contributed by atoms with Gasteiger partial charge in [-0.1, -0.05) is 13.0 Å². The second kappa shape index (κ2) is 8.10. The molecule has 0 aliphatic carbocycles. The van der Waals surface area contributed by atoms with Gasteiger partial charge in [0.2, 0.25) is 12.7 Å². The van der Waals surface area contributed by atoms with Crippen LogP contribution in [0.5, 0.6) is 11.5 Å². The molecule has 1 fully saturated rings. The summed E-state index contributed by atoms with van der Waals surface area (Å²) in [6.07, 6.45) is 4.30. The van der Waals surface area contributed by atoms with Gasteiger partial charge in [0, 0.05) is 30.4 Å². The molecule has 5 rings (SSSR count). The first kappa shape index (κ1) is 19.1. The summed E-state index contributed by atoms with van der Waals surface area (Å²) in [5, 5.41) is 4.21. The molecule has 4 heterocycles. The van der Waals surface area contributed by atoms with E-state index in [-0.39, 0.29) is 18.6 Å². The summed E-state index contributed by atoms with van der Waals surface area (Å²) in [6, 6.07) is 7.98. The van der Waals surface area contributed by atoms with Crippen LogP contribution in [0, 0.1) is 5.92 Å². The Labute approximate surface area is 179 Å². The van der Waals surface area contributed by atoms with Gasteiger partial charge < -0.3 is 19.7 Å². The molecule has 7 nitrogen and oxygen atoms in total. The molecule has 0 spiro atoms. The molecule has 2 aliphatic rings. The van der Waals surface area contributed by atoms with E-state index in [2.05, 4.69) is 33.2 Å². The first-order chi connectivity index (χ1) is 14.7. The molecule has 3 aromatic rings. The van der Waals surface area contributed by atoms with Crippen LogP contribution in [0.2, 0.25) is 0 Å². The molecule has 1 amide bonds. The Hall–Kier alpha value is -2.87. The fraction of sp³-hybridized carbons (Fsp3) is 0.409. The second-order valence-corrected chi connectivity index (χ2v) is 8.76. The van der Waals surface area contributed by atoms with Gasteiger partial charge in [-0.25, -0.2) is 9.97 Å². The number of thiophene rings is 1. The highest BCUT2D eigenvalue weighted by Crippen LogP contribution is 2.33. The first-order valence-corrected chi connectivity index (χ1v) is 11.2. The van der Waals surface area contributed by atoms with Gasteiger partial charge in [-0.2, -0.15) is 0 Å². The Balaban J connectivity index is 1.19. The minimum Gasteiger partial charge on any atom is -0.454 e. The summed E-state index contributed by atoms with van der Waals surface area (Å²) >= 11 is 1.73. The maximum Gasteiger partial charge on any atom is 0.231 e. The minimum absolute atomic E-state index is 0.0290. The number of nitrogens with zero attached hydrogens (tertiary/aromatic N) is 3. The standard InChI is InChI=1S/C22H24N4O3S/c1-2-16-10-17-20(24-12-25-22(17)30-16)26-7-5-15(6-8-26)21(27)23-11-14-3-4-18-19(9-14)29-13-28-18/h3-4,9-10,12,15H,2,5-8,11,13H2,1H3,(H,23,27). The lowest BCUT2D eigenvalue weighted by Crippen LogP contribution is -2.40. The van der Waals surface area contributed by atoms with Gasteiger partial charge in [0.1, 0.15) is 17.0 Å². The number of benzene rings is 1. The molecule has 1 N–H and O–H groups in total. The van der Waals surface area contributed by atoms with E-state index >= 15 is 0 Å². The minimum atomic E-state index is 0.0290. The van der Waals surface area contributed by atoms with Crippen LogP contribution in [0.4, 0.5) is 5.82 Å². The van der Waals surface area contributed by atoms with Crippen LogP contribution in [-0.4, -0.2) is 35.8 Å². The highest BCUT2D eigenvalue weighted by molar-refractivity contribution is 7.18. The van der Waals surface area contributed by atoms with E-state index in [1.165, 1.54) is 4.88 Å². The quantitative estimate of drug-likeness (QED) is 0.675. The summed E-state index contributed by atoms with van der Waals surface area (Å²) in [5.41, 5.74) is 1.01.